The third kappa shape index (κ3) is 4.12. The Balaban J connectivity index is 0.00000225. The number of rotatable bonds is 4. The molecule has 0 amide bonds. The topological polar surface area (TPSA) is 46.1 Å². The summed E-state index contributed by atoms with van der Waals surface area (Å²) in [7, 11) is 3.06. The number of benzene rings is 1. The molecule has 0 aliphatic carbocycles. The predicted molar refractivity (Wildman–Crippen MR) is 108 cm³/mol. The Kier molecular flexibility index (Phi) is 6.76. The molecule has 3 unspecified atom stereocenters. The molecule has 1 fully saturated rings. The van der Waals surface area contributed by atoms with Crippen molar-refractivity contribution in [2.75, 3.05) is 27.3 Å². The van der Waals surface area contributed by atoms with E-state index in [0.29, 0.717) is 29.0 Å². The van der Waals surface area contributed by atoms with Crippen LogP contribution in [0.3, 0.4) is 0 Å². The number of halogens is 2. The van der Waals surface area contributed by atoms with Gasteiger partial charge < -0.3 is 19.7 Å². The number of nitrogens with zero attached hydrogens (tertiary/aromatic N) is 2. The quantitative estimate of drug-likeness (QED) is 0.694. The molecule has 0 spiro atoms. The van der Waals surface area contributed by atoms with Crippen LogP contribution in [0.4, 0.5) is 4.39 Å². The number of hydrogen-bond acceptors (Lipinski definition) is 5. The first kappa shape index (κ1) is 20.1. The molecule has 1 aromatic rings. The maximum Gasteiger partial charge on any atom is 0.194 e. The lowest BCUT2D eigenvalue weighted by molar-refractivity contribution is 0.210. The van der Waals surface area contributed by atoms with Gasteiger partial charge in [-0.15, -0.1) is 24.0 Å². The van der Waals surface area contributed by atoms with Crippen molar-refractivity contribution in [3.05, 3.63) is 23.5 Å². The van der Waals surface area contributed by atoms with Crippen molar-refractivity contribution in [3.63, 3.8) is 0 Å². The third-order valence-electron chi connectivity index (χ3n) is 4.98. The molecule has 0 saturated carbocycles. The van der Waals surface area contributed by atoms with Crippen LogP contribution in [-0.4, -0.2) is 44.2 Å². The van der Waals surface area contributed by atoms with Crippen LogP contribution < -0.4 is 14.8 Å². The van der Waals surface area contributed by atoms with Crippen LogP contribution in [0.25, 0.3) is 0 Å². The average Bonchev–Trinajstić information content (AvgIpc) is 2.96. The zero-order valence-corrected chi connectivity index (χ0v) is 17.5. The first-order valence-electron chi connectivity index (χ1n) is 8.52. The van der Waals surface area contributed by atoms with Crippen LogP contribution in [0.1, 0.15) is 38.3 Å². The fraction of sp³-hybridized carbons (Fsp3) is 0.611. The highest BCUT2D eigenvalue weighted by Gasteiger charge is 2.33. The maximum atomic E-state index is 14.4. The Bertz CT molecular complexity index is 641. The molecule has 3 rings (SSSR count). The van der Waals surface area contributed by atoms with E-state index in [-0.39, 0.29) is 35.8 Å². The van der Waals surface area contributed by atoms with Gasteiger partial charge in [0.1, 0.15) is 5.82 Å². The third-order valence-corrected chi connectivity index (χ3v) is 4.98. The van der Waals surface area contributed by atoms with Crippen molar-refractivity contribution in [2.45, 2.75) is 38.8 Å². The smallest absolute Gasteiger partial charge is 0.194 e. The van der Waals surface area contributed by atoms with E-state index in [1.54, 1.807) is 13.2 Å². The van der Waals surface area contributed by atoms with Crippen molar-refractivity contribution < 1.29 is 13.9 Å². The number of fused-ring (bicyclic) bond motifs is 1. The van der Waals surface area contributed by atoms with Gasteiger partial charge in [-0.2, -0.15) is 0 Å². The van der Waals surface area contributed by atoms with Crippen molar-refractivity contribution in [2.24, 2.45) is 10.9 Å². The fourth-order valence-electron chi connectivity index (χ4n) is 3.54. The summed E-state index contributed by atoms with van der Waals surface area (Å²) in [6.45, 7) is 6.05. The van der Waals surface area contributed by atoms with Gasteiger partial charge in [-0.05, 0) is 31.7 Å². The van der Waals surface area contributed by atoms with Crippen molar-refractivity contribution in [1.82, 2.24) is 10.2 Å². The molecule has 5 nitrogen and oxygen atoms in total. The van der Waals surface area contributed by atoms with E-state index in [1.165, 1.54) is 26.0 Å². The molecular weight excluding hydrogens is 436 g/mol. The summed E-state index contributed by atoms with van der Waals surface area (Å²) in [5, 5.41) is 3.38. The van der Waals surface area contributed by atoms with Gasteiger partial charge in [-0.1, -0.05) is 6.92 Å². The number of ether oxygens (including phenoxy) is 2. The molecule has 1 N–H and O–H groups in total. The second-order valence-corrected chi connectivity index (χ2v) is 6.75. The van der Waals surface area contributed by atoms with Crippen molar-refractivity contribution >= 4 is 29.9 Å². The Hall–Kier alpha value is -1.25. The minimum absolute atomic E-state index is 0. The van der Waals surface area contributed by atoms with Gasteiger partial charge in [0, 0.05) is 18.2 Å². The molecule has 1 aromatic carbocycles. The minimum Gasteiger partial charge on any atom is -0.493 e. The highest BCUT2D eigenvalue weighted by Crippen LogP contribution is 2.33. The summed E-state index contributed by atoms with van der Waals surface area (Å²) in [5.74, 6) is 2.16. The molecule has 3 atom stereocenters. The summed E-state index contributed by atoms with van der Waals surface area (Å²) >= 11 is 0. The molecule has 25 heavy (non-hydrogen) atoms. The number of guanidine groups is 1. The number of aliphatic imine (C=N–C) groups is 1. The van der Waals surface area contributed by atoms with Gasteiger partial charge in [0.2, 0.25) is 0 Å². The van der Waals surface area contributed by atoms with Gasteiger partial charge in [0.25, 0.3) is 0 Å². The van der Waals surface area contributed by atoms with E-state index in [0.717, 1.165) is 19.0 Å². The monoisotopic (exact) mass is 463 g/mol. The SMILES string of the molecule is COc1cc(F)c(C(C)NC2=NCC3CCC(C)CN23)cc1OC.I. The van der Waals surface area contributed by atoms with E-state index in [2.05, 4.69) is 22.1 Å². The zero-order chi connectivity index (χ0) is 17.3. The van der Waals surface area contributed by atoms with E-state index in [9.17, 15) is 4.39 Å². The van der Waals surface area contributed by atoms with Crippen LogP contribution in [0, 0.1) is 11.7 Å². The van der Waals surface area contributed by atoms with Gasteiger partial charge in [0.15, 0.2) is 17.5 Å². The first-order valence-corrected chi connectivity index (χ1v) is 8.52. The normalized spacial score (nSPS) is 23.2. The maximum absolute atomic E-state index is 14.4. The van der Waals surface area contributed by atoms with Gasteiger partial charge >= 0.3 is 0 Å². The highest BCUT2D eigenvalue weighted by molar-refractivity contribution is 14.0. The van der Waals surface area contributed by atoms with Crippen LogP contribution in [0.15, 0.2) is 17.1 Å². The lowest BCUT2D eigenvalue weighted by Crippen LogP contribution is -2.48. The molecule has 0 bridgehead atoms. The average molecular weight is 463 g/mol. The van der Waals surface area contributed by atoms with E-state index >= 15 is 0 Å². The number of methoxy groups -OCH3 is 2. The van der Waals surface area contributed by atoms with Crippen LogP contribution >= 0.6 is 24.0 Å². The number of nitrogens with one attached hydrogen (secondary N) is 1. The molecule has 2 heterocycles. The Labute approximate surface area is 166 Å². The van der Waals surface area contributed by atoms with Crippen molar-refractivity contribution in [1.29, 1.82) is 0 Å². The predicted octanol–water partition coefficient (Wildman–Crippen LogP) is 3.58. The van der Waals surface area contributed by atoms with E-state index in [1.807, 2.05) is 6.92 Å². The van der Waals surface area contributed by atoms with Crippen LogP contribution in [0.5, 0.6) is 11.5 Å². The fourth-order valence-corrected chi connectivity index (χ4v) is 3.54. The van der Waals surface area contributed by atoms with E-state index in [4.69, 9.17) is 9.47 Å². The minimum atomic E-state index is -0.310. The Morgan fingerprint density at radius 3 is 2.60 bits per heavy atom. The Morgan fingerprint density at radius 2 is 1.92 bits per heavy atom. The second kappa shape index (κ2) is 8.42. The lowest BCUT2D eigenvalue weighted by Gasteiger charge is -2.36. The molecular formula is C18H27FIN3O2. The summed E-state index contributed by atoms with van der Waals surface area (Å²) in [4.78, 5) is 6.98. The Morgan fingerprint density at radius 1 is 1.24 bits per heavy atom. The summed E-state index contributed by atoms with van der Waals surface area (Å²) < 4.78 is 24.9. The highest BCUT2D eigenvalue weighted by atomic mass is 127. The first-order chi connectivity index (χ1) is 11.5. The number of piperidine rings is 1. The molecule has 140 valence electrons. The van der Waals surface area contributed by atoms with Gasteiger partial charge in [0.05, 0.1) is 32.8 Å². The lowest BCUT2D eigenvalue weighted by atomic mass is 9.95. The number of hydrogen-bond donors (Lipinski definition) is 1. The summed E-state index contributed by atoms with van der Waals surface area (Å²) in [6.07, 6.45) is 2.43. The molecule has 2 aliphatic rings. The van der Waals surface area contributed by atoms with Crippen LogP contribution in [-0.2, 0) is 0 Å². The largest absolute Gasteiger partial charge is 0.493 e. The molecule has 2 aliphatic heterocycles. The molecule has 0 radical (unpaired) electrons. The van der Waals surface area contributed by atoms with Crippen molar-refractivity contribution in [3.8, 4) is 11.5 Å². The van der Waals surface area contributed by atoms with Gasteiger partial charge in [-0.3, -0.25) is 4.99 Å². The molecule has 1 saturated heterocycles. The zero-order valence-electron chi connectivity index (χ0n) is 15.2. The summed E-state index contributed by atoms with van der Waals surface area (Å²) in [6, 6.07) is 3.34. The van der Waals surface area contributed by atoms with E-state index < -0.39 is 0 Å². The molecule has 0 aromatic heterocycles. The van der Waals surface area contributed by atoms with Crippen LogP contribution in [0.2, 0.25) is 0 Å². The summed E-state index contributed by atoms with van der Waals surface area (Å²) in [5.41, 5.74) is 0.545. The molecule has 7 heteroatoms. The second-order valence-electron chi connectivity index (χ2n) is 6.75. The van der Waals surface area contributed by atoms with Gasteiger partial charge in [-0.25, -0.2) is 4.39 Å². The standard InChI is InChI=1S/C18H26FN3O2.HI/c1-11-5-6-13-9-20-18(22(13)10-11)21-12(2)14-7-16(23-3)17(24-4)8-15(14)19;/h7-8,11-13H,5-6,9-10H2,1-4H3,(H,20,21);1H.